The molecule has 3 N–H and O–H groups in total. The highest BCUT2D eigenvalue weighted by atomic mass is 16.5. The van der Waals surface area contributed by atoms with Crippen LogP contribution in [0.4, 0.5) is 4.79 Å². The van der Waals surface area contributed by atoms with Crippen molar-refractivity contribution in [2.24, 2.45) is 5.92 Å². The molecule has 6 nitrogen and oxygen atoms in total. The van der Waals surface area contributed by atoms with Gasteiger partial charge in [-0.2, -0.15) is 0 Å². The SMILES string of the molecule is CC(C)C(NC(=O)NC1CCOC(C)(C)C1)C(=O)O. The Balaban J connectivity index is 2.48. The molecule has 1 fully saturated rings. The van der Waals surface area contributed by atoms with Gasteiger partial charge in [-0.15, -0.1) is 0 Å². The number of carboxylic acids is 1. The standard InChI is InChI=1S/C13H24N2O4/c1-8(2)10(11(16)17)15-12(18)14-9-5-6-19-13(3,4)7-9/h8-10H,5-7H2,1-4H3,(H,16,17)(H2,14,15,18). The molecule has 0 aromatic rings. The maximum Gasteiger partial charge on any atom is 0.326 e. The summed E-state index contributed by atoms with van der Waals surface area (Å²) in [6.07, 6.45) is 1.47. The number of carbonyl (C=O) groups excluding carboxylic acids is 1. The average molecular weight is 272 g/mol. The second-order valence-corrected chi connectivity index (χ2v) is 5.98. The third-order valence-electron chi connectivity index (χ3n) is 3.25. The Morgan fingerprint density at radius 3 is 2.47 bits per heavy atom. The van der Waals surface area contributed by atoms with Crippen molar-refractivity contribution in [3.8, 4) is 0 Å². The fraction of sp³-hybridized carbons (Fsp3) is 0.846. The van der Waals surface area contributed by atoms with E-state index in [1.165, 1.54) is 0 Å². The molecule has 1 rings (SSSR count). The molecular formula is C13H24N2O4. The number of hydrogen-bond acceptors (Lipinski definition) is 3. The molecule has 0 saturated carbocycles. The van der Waals surface area contributed by atoms with E-state index in [1.54, 1.807) is 13.8 Å². The Morgan fingerprint density at radius 2 is 2.00 bits per heavy atom. The van der Waals surface area contributed by atoms with E-state index < -0.39 is 18.0 Å². The van der Waals surface area contributed by atoms with Crippen LogP contribution in [0.2, 0.25) is 0 Å². The van der Waals surface area contributed by atoms with Gasteiger partial charge in [0.25, 0.3) is 0 Å². The lowest BCUT2D eigenvalue weighted by Crippen LogP contribution is -2.53. The summed E-state index contributed by atoms with van der Waals surface area (Å²) in [6, 6.07) is -1.28. The molecule has 0 aliphatic carbocycles. The Labute approximate surface area is 113 Å². The third-order valence-corrected chi connectivity index (χ3v) is 3.25. The van der Waals surface area contributed by atoms with Crippen LogP contribution in [-0.2, 0) is 9.53 Å². The third kappa shape index (κ3) is 5.06. The van der Waals surface area contributed by atoms with Crippen molar-refractivity contribution in [2.45, 2.75) is 58.2 Å². The van der Waals surface area contributed by atoms with Crippen LogP contribution in [0.15, 0.2) is 0 Å². The van der Waals surface area contributed by atoms with E-state index in [0.717, 1.165) is 12.8 Å². The summed E-state index contributed by atoms with van der Waals surface area (Å²) in [6.45, 7) is 8.08. The van der Waals surface area contributed by atoms with Crippen molar-refractivity contribution in [3.63, 3.8) is 0 Å². The van der Waals surface area contributed by atoms with Gasteiger partial charge < -0.3 is 20.5 Å². The second-order valence-electron chi connectivity index (χ2n) is 5.98. The van der Waals surface area contributed by atoms with Crippen molar-refractivity contribution in [3.05, 3.63) is 0 Å². The largest absolute Gasteiger partial charge is 0.480 e. The highest BCUT2D eigenvalue weighted by Gasteiger charge is 2.30. The van der Waals surface area contributed by atoms with Crippen LogP contribution in [0.5, 0.6) is 0 Å². The number of nitrogens with one attached hydrogen (secondary N) is 2. The van der Waals surface area contributed by atoms with Crippen molar-refractivity contribution >= 4 is 12.0 Å². The van der Waals surface area contributed by atoms with Gasteiger partial charge in [0.1, 0.15) is 6.04 Å². The number of rotatable bonds is 4. The van der Waals surface area contributed by atoms with E-state index >= 15 is 0 Å². The summed E-state index contributed by atoms with van der Waals surface area (Å²) in [5.74, 6) is -1.17. The molecule has 0 aromatic carbocycles. The number of carboxylic acid groups (broad SMARTS) is 1. The first kappa shape index (κ1) is 15.8. The monoisotopic (exact) mass is 272 g/mol. The highest BCUT2D eigenvalue weighted by Crippen LogP contribution is 2.23. The van der Waals surface area contributed by atoms with Gasteiger partial charge in [0.2, 0.25) is 0 Å². The molecule has 2 amide bonds. The molecule has 0 radical (unpaired) electrons. The van der Waals surface area contributed by atoms with Crippen LogP contribution in [0.3, 0.4) is 0 Å². The molecule has 1 aliphatic heterocycles. The molecule has 2 atom stereocenters. The van der Waals surface area contributed by atoms with Gasteiger partial charge in [-0.25, -0.2) is 9.59 Å². The molecule has 110 valence electrons. The van der Waals surface area contributed by atoms with Crippen molar-refractivity contribution < 1.29 is 19.4 Å². The van der Waals surface area contributed by atoms with E-state index in [-0.39, 0.29) is 17.6 Å². The number of ether oxygens (including phenoxy) is 1. The van der Waals surface area contributed by atoms with Crippen LogP contribution < -0.4 is 10.6 Å². The topological polar surface area (TPSA) is 87.7 Å². The molecule has 1 saturated heterocycles. The first-order valence-corrected chi connectivity index (χ1v) is 6.65. The summed E-state index contributed by atoms with van der Waals surface area (Å²) in [5.41, 5.74) is -0.250. The van der Waals surface area contributed by atoms with Crippen LogP contribution in [0.1, 0.15) is 40.5 Å². The molecule has 19 heavy (non-hydrogen) atoms. The molecule has 1 aliphatic rings. The molecular weight excluding hydrogens is 248 g/mol. The van der Waals surface area contributed by atoms with Crippen LogP contribution >= 0.6 is 0 Å². The Bertz CT molecular complexity index is 342. The van der Waals surface area contributed by atoms with Crippen LogP contribution in [0, 0.1) is 5.92 Å². The Hall–Kier alpha value is -1.30. The number of hydrogen-bond donors (Lipinski definition) is 3. The smallest absolute Gasteiger partial charge is 0.326 e. The molecule has 0 spiro atoms. The van der Waals surface area contributed by atoms with Crippen molar-refractivity contribution in [1.82, 2.24) is 10.6 Å². The quantitative estimate of drug-likeness (QED) is 0.721. The molecule has 0 bridgehead atoms. The van der Waals surface area contributed by atoms with Gasteiger partial charge in [0.05, 0.1) is 5.60 Å². The van der Waals surface area contributed by atoms with Gasteiger partial charge >= 0.3 is 12.0 Å². The Kier molecular flexibility index (Phi) is 5.17. The van der Waals surface area contributed by atoms with E-state index in [4.69, 9.17) is 9.84 Å². The summed E-state index contributed by atoms with van der Waals surface area (Å²) >= 11 is 0. The Morgan fingerprint density at radius 1 is 1.37 bits per heavy atom. The second kappa shape index (κ2) is 6.23. The summed E-state index contributed by atoms with van der Waals surface area (Å²) < 4.78 is 5.57. The van der Waals surface area contributed by atoms with Crippen LogP contribution in [-0.4, -0.2) is 41.4 Å². The lowest BCUT2D eigenvalue weighted by molar-refractivity contribution is -0.140. The molecule has 6 heteroatoms. The average Bonchev–Trinajstić information content (AvgIpc) is 2.23. The maximum absolute atomic E-state index is 11.8. The minimum absolute atomic E-state index is 0.0188. The summed E-state index contributed by atoms with van der Waals surface area (Å²) in [4.78, 5) is 22.8. The minimum Gasteiger partial charge on any atom is -0.480 e. The van der Waals surface area contributed by atoms with Gasteiger partial charge in [-0.05, 0) is 32.6 Å². The van der Waals surface area contributed by atoms with Crippen molar-refractivity contribution in [1.29, 1.82) is 0 Å². The normalized spacial score (nSPS) is 23.7. The van der Waals surface area contributed by atoms with E-state index in [0.29, 0.717) is 6.61 Å². The fourth-order valence-electron chi connectivity index (χ4n) is 2.24. The zero-order valence-electron chi connectivity index (χ0n) is 12.0. The first-order valence-electron chi connectivity index (χ1n) is 6.65. The molecule has 2 unspecified atom stereocenters. The zero-order valence-corrected chi connectivity index (χ0v) is 12.0. The van der Waals surface area contributed by atoms with Gasteiger partial charge in [-0.3, -0.25) is 0 Å². The van der Waals surface area contributed by atoms with Crippen molar-refractivity contribution in [2.75, 3.05) is 6.61 Å². The number of urea groups is 1. The highest BCUT2D eigenvalue weighted by molar-refractivity contribution is 5.82. The lowest BCUT2D eigenvalue weighted by atomic mass is 9.94. The van der Waals surface area contributed by atoms with Gasteiger partial charge in [0, 0.05) is 12.6 Å². The molecule has 0 aromatic heterocycles. The van der Waals surface area contributed by atoms with Gasteiger partial charge in [-0.1, -0.05) is 13.8 Å². The predicted octanol–water partition coefficient (Wildman–Crippen LogP) is 1.35. The minimum atomic E-state index is -1.02. The van der Waals surface area contributed by atoms with E-state index in [9.17, 15) is 9.59 Å². The molecule has 1 heterocycles. The summed E-state index contributed by atoms with van der Waals surface area (Å²) in [5, 5.41) is 14.3. The fourth-order valence-corrected chi connectivity index (χ4v) is 2.24. The summed E-state index contributed by atoms with van der Waals surface area (Å²) in [7, 11) is 0. The number of aliphatic carboxylic acids is 1. The van der Waals surface area contributed by atoms with Crippen LogP contribution in [0.25, 0.3) is 0 Å². The number of carbonyl (C=O) groups is 2. The first-order chi connectivity index (χ1) is 8.71. The lowest BCUT2D eigenvalue weighted by Gasteiger charge is -2.36. The maximum atomic E-state index is 11.8. The predicted molar refractivity (Wildman–Crippen MR) is 71.0 cm³/mol. The van der Waals surface area contributed by atoms with Gasteiger partial charge in [0.15, 0.2) is 0 Å². The van der Waals surface area contributed by atoms with E-state index in [1.807, 2.05) is 13.8 Å². The zero-order chi connectivity index (χ0) is 14.6. The number of amides is 2. The van der Waals surface area contributed by atoms with E-state index in [2.05, 4.69) is 10.6 Å².